The second-order valence-electron chi connectivity index (χ2n) is 8.67. The highest BCUT2D eigenvalue weighted by atomic mass is 16.5. The highest BCUT2D eigenvalue weighted by Crippen LogP contribution is 2.43. The molecule has 3 heterocycles. The molecule has 6 nitrogen and oxygen atoms in total. The maximum atomic E-state index is 12.7. The van der Waals surface area contributed by atoms with Gasteiger partial charge in [0.2, 0.25) is 0 Å². The molecule has 1 aliphatic rings. The van der Waals surface area contributed by atoms with Gasteiger partial charge in [-0.25, -0.2) is 0 Å². The van der Waals surface area contributed by atoms with Crippen LogP contribution >= 0.6 is 0 Å². The number of aromatic nitrogens is 3. The Balaban J connectivity index is 1.98. The van der Waals surface area contributed by atoms with Crippen molar-refractivity contribution < 1.29 is 9.47 Å². The molecule has 0 radical (unpaired) electrons. The second kappa shape index (κ2) is 7.34. The SMILES string of the molecule is CCc1c2n(ccc1=O)C(C(C)(C)C)Cn1nc3c(OCCOC)cccc3c1-2. The molecule has 0 fully saturated rings. The number of ether oxygens (including phenoxy) is 2. The topological polar surface area (TPSA) is 58.3 Å². The summed E-state index contributed by atoms with van der Waals surface area (Å²) < 4.78 is 15.4. The molecule has 0 N–H and O–H groups in total. The van der Waals surface area contributed by atoms with Crippen LogP contribution in [0.2, 0.25) is 0 Å². The quantitative estimate of drug-likeness (QED) is 0.612. The third-order valence-corrected chi connectivity index (χ3v) is 5.77. The number of methoxy groups -OCH3 is 1. The molecule has 0 spiro atoms. The molecule has 154 valence electrons. The highest BCUT2D eigenvalue weighted by Gasteiger charge is 2.35. The van der Waals surface area contributed by atoms with Gasteiger partial charge in [0.15, 0.2) is 5.43 Å². The van der Waals surface area contributed by atoms with Gasteiger partial charge < -0.3 is 14.0 Å². The van der Waals surface area contributed by atoms with Crippen molar-refractivity contribution in [2.45, 2.75) is 46.7 Å². The Morgan fingerprint density at radius 2 is 1.97 bits per heavy atom. The Morgan fingerprint density at radius 3 is 2.66 bits per heavy atom. The molecular formula is C23H29N3O3. The number of rotatable bonds is 5. The predicted octanol–water partition coefficient (Wildman–Crippen LogP) is 4.05. The molecule has 6 heteroatoms. The number of pyridine rings is 1. The zero-order valence-corrected chi connectivity index (χ0v) is 17.9. The van der Waals surface area contributed by atoms with E-state index < -0.39 is 0 Å². The summed E-state index contributed by atoms with van der Waals surface area (Å²) in [4.78, 5) is 12.7. The van der Waals surface area contributed by atoms with E-state index >= 15 is 0 Å². The van der Waals surface area contributed by atoms with Crippen molar-refractivity contribution in [3.63, 3.8) is 0 Å². The van der Waals surface area contributed by atoms with E-state index in [0.717, 1.165) is 40.1 Å². The minimum absolute atomic E-state index is 0.0163. The number of hydrogen-bond donors (Lipinski definition) is 0. The first-order valence-corrected chi connectivity index (χ1v) is 10.2. The Morgan fingerprint density at radius 1 is 1.17 bits per heavy atom. The van der Waals surface area contributed by atoms with Gasteiger partial charge in [-0.2, -0.15) is 5.10 Å². The van der Waals surface area contributed by atoms with Crippen LogP contribution < -0.4 is 10.2 Å². The van der Waals surface area contributed by atoms with Crippen LogP contribution in [0.5, 0.6) is 5.75 Å². The van der Waals surface area contributed by atoms with Crippen molar-refractivity contribution in [3.8, 4) is 17.1 Å². The molecule has 29 heavy (non-hydrogen) atoms. The lowest BCUT2D eigenvalue weighted by Gasteiger charge is -2.38. The largest absolute Gasteiger partial charge is 0.489 e. The number of nitrogens with zero attached hydrogens (tertiary/aromatic N) is 3. The van der Waals surface area contributed by atoms with Crippen molar-refractivity contribution >= 4 is 10.9 Å². The number of benzene rings is 1. The second-order valence-corrected chi connectivity index (χ2v) is 8.67. The van der Waals surface area contributed by atoms with Crippen molar-refractivity contribution in [1.29, 1.82) is 0 Å². The van der Waals surface area contributed by atoms with Crippen molar-refractivity contribution in [3.05, 3.63) is 46.2 Å². The van der Waals surface area contributed by atoms with Crippen LogP contribution in [0.25, 0.3) is 22.3 Å². The standard InChI is InChI=1S/C23H29N3O3/c1-6-15-17(27)10-11-25-19(23(2,3)4)14-26-22(21(15)25)16-8-7-9-18(20(16)24-26)29-13-12-28-5/h7-11,19H,6,12-14H2,1-5H3. The minimum Gasteiger partial charge on any atom is -0.489 e. The Bertz CT molecular complexity index is 1100. The van der Waals surface area contributed by atoms with Gasteiger partial charge in [0.1, 0.15) is 17.9 Å². The van der Waals surface area contributed by atoms with Crippen LogP contribution in [-0.4, -0.2) is 34.7 Å². The fourth-order valence-corrected chi connectivity index (χ4v) is 4.26. The zero-order chi connectivity index (χ0) is 20.8. The average Bonchev–Trinajstić information content (AvgIpc) is 3.06. The van der Waals surface area contributed by atoms with Gasteiger partial charge in [-0.1, -0.05) is 39.8 Å². The van der Waals surface area contributed by atoms with Crippen molar-refractivity contribution in [2.75, 3.05) is 20.3 Å². The first-order chi connectivity index (χ1) is 13.9. The van der Waals surface area contributed by atoms with Gasteiger partial charge in [-0.15, -0.1) is 0 Å². The van der Waals surface area contributed by atoms with Gasteiger partial charge in [-0.3, -0.25) is 9.48 Å². The van der Waals surface area contributed by atoms with E-state index in [0.29, 0.717) is 19.6 Å². The van der Waals surface area contributed by atoms with Crippen LogP contribution in [0.15, 0.2) is 35.3 Å². The van der Waals surface area contributed by atoms with E-state index in [1.54, 1.807) is 13.2 Å². The summed E-state index contributed by atoms with van der Waals surface area (Å²) in [5.41, 5.74) is 3.77. The lowest BCUT2D eigenvalue weighted by atomic mass is 9.84. The molecule has 0 bridgehead atoms. The minimum atomic E-state index is 0.0163. The van der Waals surface area contributed by atoms with Crippen LogP contribution in [0, 0.1) is 5.41 Å². The average molecular weight is 396 g/mol. The number of hydrogen-bond acceptors (Lipinski definition) is 4. The molecule has 1 unspecified atom stereocenters. The normalized spacial score (nSPS) is 16.0. The predicted molar refractivity (Wildman–Crippen MR) is 115 cm³/mol. The van der Waals surface area contributed by atoms with Crippen LogP contribution in [-0.2, 0) is 17.7 Å². The van der Waals surface area contributed by atoms with Crippen LogP contribution in [0.3, 0.4) is 0 Å². The van der Waals surface area contributed by atoms with Gasteiger partial charge >= 0.3 is 0 Å². The summed E-state index contributed by atoms with van der Waals surface area (Å²) in [5.74, 6) is 0.747. The first kappa shape index (κ1) is 19.7. The van der Waals surface area contributed by atoms with E-state index in [2.05, 4.69) is 36.1 Å². The zero-order valence-electron chi connectivity index (χ0n) is 17.9. The molecule has 2 aromatic heterocycles. The van der Waals surface area contributed by atoms with Crippen molar-refractivity contribution in [1.82, 2.24) is 14.3 Å². The molecule has 4 rings (SSSR count). The van der Waals surface area contributed by atoms with Crippen LogP contribution in [0.4, 0.5) is 0 Å². The molecule has 1 aromatic carbocycles. The fraction of sp³-hybridized carbons (Fsp3) is 0.478. The molecule has 1 aliphatic heterocycles. The Hall–Kier alpha value is -2.60. The van der Waals surface area contributed by atoms with Gasteiger partial charge in [0, 0.05) is 30.3 Å². The van der Waals surface area contributed by atoms with E-state index in [4.69, 9.17) is 14.6 Å². The lowest BCUT2D eigenvalue weighted by molar-refractivity contribution is 0.147. The summed E-state index contributed by atoms with van der Waals surface area (Å²) in [6.07, 6.45) is 2.64. The van der Waals surface area contributed by atoms with E-state index in [1.807, 2.05) is 25.3 Å². The summed E-state index contributed by atoms with van der Waals surface area (Å²) in [6.45, 7) is 10.5. The molecule has 0 amide bonds. The summed E-state index contributed by atoms with van der Waals surface area (Å²) in [6, 6.07) is 7.89. The van der Waals surface area contributed by atoms with E-state index in [-0.39, 0.29) is 16.9 Å². The smallest absolute Gasteiger partial charge is 0.185 e. The van der Waals surface area contributed by atoms with Gasteiger partial charge in [-0.05, 0) is 17.9 Å². The molecule has 0 saturated heterocycles. The molecule has 0 aliphatic carbocycles. The first-order valence-electron chi connectivity index (χ1n) is 10.2. The number of fused-ring (bicyclic) bond motifs is 5. The Kier molecular flexibility index (Phi) is 4.99. The maximum absolute atomic E-state index is 12.7. The molecular weight excluding hydrogens is 366 g/mol. The van der Waals surface area contributed by atoms with Crippen molar-refractivity contribution in [2.24, 2.45) is 5.41 Å². The maximum Gasteiger partial charge on any atom is 0.185 e. The third kappa shape index (κ3) is 3.25. The van der Waals surface area contributed by atoms with Gasteiger partial charge in [0.25, 0.3) is 0 Å². The van der Waals surface area contributed by atoms with E-state index in [9.17, 15) is 4.79 Å². The van der Waals surface area contributed by atoms with E-state index in [1.165, 1.54) is 0 Å². The monoisotopic (exact) mass is 395 g/mol. The summed E-state index contributed by atoms with van der Waals surface area (Å²) in [5, 5.41) is 5.95. The highest BCUT2D eigenvalue weighted by molar-refractivity contribution is 5.96. The lowest BCUT2D eigenvalue weighted by Crippen LogP contribution is -2.35. The third-order valence-electron chi connectivity index (χ3n) is 5.77. The summed E-state index contributed by atoms with van der Waals surface area (Å²) in [7, 11) is 1.66. The molecule has 1 atom stereocenters. The molecule has 3 aromatic rings. The summed E-state index contributed by atoms with van der Waals surface area (Å²) >= 11 is 0. The van der Waals surface area contributed by atoms with Gasteiger partial charge in [0.05, 0.1) is 30.6 Å². The Labute approximate surface area is 171 Å². The molecule has 0 saturated carbocycles. The van der Waals surface area contributed by atoms with Crippen LogP contribution in [0.1, 0.15) is 39.3 Å². The fourth-order valence-electron chi connectivity index (χ4n) is 4.26.